The molecule has 0 aliphatic rings. The molecule has 0 aliphatic carbocycles. The zero-order chi connectivity index (χ0) is 44.0. The first-order valence-electron chi connectivity index (χ1n) is 24.1. The third-order valence-corrected chi connectivity index (χ3v) is 11.3. The lowest BCUT2D eigenvalue weighted by Gasteiger charge is -2.20. The van der Waals surface area contributed by atoms with Gasteiger partial charge >= 0.3 is 19.8 Å². The minimum absolute atomic E-state index is 0.139. The monoisotopic (exact) mass is 869 g/mol. The van der Waals surface area contributed by atoms with Gasteiger partial charge in [-0.3, -0.25) is 18.6 Å². The highest BCUT2D eigenvalue weighted by atomic mass is 31.2. The summed E-state index contributed by atoms with van der Waals surface area (Å²) in [5.74, 6) is -1.06. The molecule has 0 saturated carbocycles. The fraction of sp³-hybridized carbons (Fsp3) is 0.796. The number of allylic oxidation sites excluding steroid dienone is 8. The van der Waals surface area contributed by atoms with Gasteiger partial charge in [-0.2, -0.15) is 0 Å². The van der Waals surface area contributed by atoms with Crippen LogP contribution in [0.15, 0.2) is 48.6 Å². The van der Waals surface area contributed by atoms with Crippen molar-refractivity contribution in [3.63, 3.8) is 0 Å². The van der Waals surface area contributed by atoms with E-state index in [4.69, 9.17) is 18.5 Å². The predicted octanol–water partition coefficient (Wildman–Crippen LogP) is 13.3. The van der Waals surface area contributed by atoms with Crippen LogP contribution in [0.4, 0.5) is 0 Å². The van der Waals surface area contributed by atoms with Crippen molar-refractivity contribution >= 4 is 19.8 Å². The first-order valence-corrected chi connectivity index (χ1v) is 25.6. The van der Waals surface area contributed by atoms with Crippen molar-refractivity contribution in [2.45, 2.75) is 225 Å². The average molecular weight is 869 g/mol. The number of ether oxygens (including phenoxy) is 2. The SMILES string of the molecule is CC/C=C\C/C=C\C/C=C\C/C=C\CCCCC(=O)OC(CO)COP(=O)(O)OCC(CO)OC(=O)CCCCCCCCCCCCCCCCCCCCCCCC. The van der Waals surface area contributed by atoms with Gasteiger partial charge in [0.25, 0.3) is 0 Å². The van der Waals surface area contributed by atoms with E-state index in [1.807, 2.05) is 0 Å². The Balaban J connectivity index is 3.87. The summed E-state index contributed by atoms with van der Waals surface area (Å²) in [6.45, 7) is 2.07. The van der Waals surface area contributed by atoms with Crippen LogP contribution in [-0.4, -0.2) is 65.7 Å². The summed E-state index contributed by atoms with van der Waals surface area (Å²) in [5, 5.41) is 19.2. The van der Waals surface area contributed by atoms with Crippen LogP contribution < -0.4 is 0 Å². The molecule has 0 aromatic heterocycles. The summed E-state index contributed by atoms with van der Waals surface area (Å²) in [7, 11) is -4.65. The first kappa shape index (κ1) is 57.9. The number of phosphoric acid groups is 1. The van der Waals surface area contributed by atoms with Gasteiger partial charge in [0.2, 0.25) is 0 Å². The Morgan fingerprint density at radius 1 is 0.467 bits per heavy atom. The zero-order valence-electron chi connectivity index (χ0n) is 38.2. The lowest BCUT2D eigenvalue weighted by Crippen LogP contribution is -2.28. The van der Waals surface area contributed by atoms with Crippen LogP contribution in [0.2, 0.25) is 0 Å². The number of carbonyl (C=O) groups is 2. The number of hydrogen-bond donors (Lipinski definition) is 3. The summed E-state index contributed by atoms with van der Waals surface area (Å²) >= 11 is 0. The van der Waals surface area contributed by atoms with Crippen molar-refractivity contribution in [2.24, 2.45) is 0 Å². The van der Waals surface area contributed by atoms with E-state index < -0.39 is 58.4 Å². The lowest BCUT2D eigenvalue weighted by atomic mass is 10.0. The van der Waals surface area contributed by atoms with Gasteiger partial charge < -0.3 is 24.6 Å². The molecule has 0 amide bonds. The van der Waals surface area contributed by atoms with E-state index >= 15 is 0 Å². The van der Waals surface area contributed by atoms with Crippen LogP contribution in [0.3, 0.4) is 0 Å². The minimum atomic E-state index is -4.65. The van der Waals surface area contributed by atoms with Gasteiger partial charge in [-0.05, 0) is 51.4 Å². The molecule has 10 nitrogen and oxygen atoms in total. The Bertz CT molecular complexity index is 1140. The lowest BCUT2D eigenvalue weighted by molar-refractivity contribution is -0.153. The third kappa shape index (κ3) is 42.6. The van der Waals surface area contributed by atoms with Crippen molar-refractivity contribution in [3.05, 3.63) is 48.6 Å². The molecule has 3 unspecified atom stereocenters. The highest BCUT2D eigenvalue weighted by Crippen LogP contribution is 2.43. The molecule has 0 aromatic rings. The van der Waals surface area contributed by atoms with E-state index in [-0.39, 0.29) is 12.8 Å². The molecule has 0 aromatic carbocycles. The van der Waals surface area contributed by atoms with Crippen molar-refractivity contribution in [3.8, 4) is 0 Å². The quantitative estimate of drug-likeness (QED) is 0.0234. The minimum Gasteiger partial charge on any atom is -0.457 e. The molecule has 0 saturated heterocycles. The van der Waals surface area contributed by atoms with Gasteiger partial charge in [-0.1, -0.05) is 197 Å². The van der Waals surface area contributed by atoms with Crippen molar-refractivity contribution in [1.29, 1.82) is 0 Å². The first-order chi connectivity index (χ1) is 29.3. The average Bonchev–Trinajstić information content (AvgIpc) is 3.24. The van der Waals surface area contributed by atoms with Crippen LogP contribution in [0.5, 0.6) is 0 Å². The third-order valence-electron chi connectivity index (χ3n) is 10.3. The predicted molar refractivity (Wildman–Crippen MR) is 247 cm³/mol. The molecule has 0 spiro atoms. The Kier molecular flexibility index (Phi) is 43.4. The number of esters is 2. The zero-order valence-corrected chi connectivity index (χ0v) is 39.1. The molecule has 350 valence electrons. The number of carbonyl (C=O) groups excluding carboxylic acids is 2. The molecule has 3 N–H and O–H groups in total. The molecule has 0 radical (unpaired) electrons. The van der Waals surface area contributed by atoms with E-state index in [0.29, 0.717) is 12.8 Å². The van der Waals surface area contributed by atoms with Crippen LogP contribution in [0.1, 0.15) is 213 Å². The second kappa shape index (κ2) is 45.0. The Morgan fingerprint density at radius 3 is 1.13 bits per heavy atom. The van der Waals surface area contributed by atoms with Crippen molar-refractivity contribution in [1.82, 2.24) is 0 Å². The van der Waals surface area contributed by atoms with E-state index in [9.17, 15) is 29.3 Å². The van der Waals surface area contributed by atoms with Gasteiger partial charge in [0.15, 0.2) is 0 Å². The van der Waals surface area contributed by atoms with Gasteiger partial charge in [-0.25, -0.2) is 4.57 Å². The summed E-state index contributed by atoms with van der Waals surface area (Å²) < 4.78 is 32.6. The summed E-state index contributed by atoms with van der Waals surface area (Å²) in [6.07, 6.45) is 49.6. The largest absolute Gasteiger partial charge is 0.472 e. The van der Waals surface area contributed by atoms with Gasteiger partial charge in [0, 0.05) is 12.8 Å². The topological polar surface area (TPSA) is 149 Å². The molecular formula is C49H89O10P. The van der Waals surface area contributed by atoms with E-state index in [0.717, 1.165) is 57.8 Å². The Morgan fingerprint density at radius 2 is 0.783 bits per heavy atom. The molecule has 0 heterocycles. The van der Waals surface area contributed by atoms with E-state index in [2.05, 4.69) is 62.5 Å². The van der Waals surface area contributed by atoms with E-state index in [1.54, 1.807) is 0 Å². The molecular weight excluding hydrogens is 780 g/mol. The van der Waals surface area contributed by atoms with Gasteiger partial charge in [-0.15, -0.1) is 0 Å². The summed E-state index contributed by atoms with van der Waals surface area (Å²) in [5.41, 5.74) is 0. The number of phosphoric ester groups is 1. The fourth-order valence-electron chi connectivity index (χ4n) is 6.64. The second-order valence-electron chi connectivity index (χ2n) is 16.1. The molecule has 11 heteroatoms. The highest BCUT2D eigenvalue weighted by Gasteiger charge is 2.27. The van der Waals surface area contributed by atoms with Crippen LogP contribution in [0.25, 0.3) is 0 Å². The number of unbranched alkanes of at least 4 members (excludes halogenated alkanes) is 23. The fourth-order valence-corrected chi connectivity index (χ4v) is 7.42. The van der Waals surface area contributed by atoms with Crippen LogP contribution in [0, 0.1) is 0 Å². The molecule has 0 aliphatic heterocycles. The van der Waals surface area contributed by atoms with Gasteiger partial charge in [0.1, 0.15) is 12.2 Å². The van der Waals surface area contributed by atoms with Crippen LogP contribution >= 0.6 is 7.82 Å². The van der Waals surface area contributed by atoms with Gasteiger partial charge in [0.05, 0.1) is 26.4 Å². The number of aliphatic hydroxyl groups is 2. The summed E-state index contributed by atoms with van der Waals surface area (Å²) in [6, 6.07) is 0. The second-order valence-corrected chi connectivity index (χ2v) is 17.5. The van der Waals surface area contributed by atoms with Crippen molar-refractivity contribution in [2.75, 3.05) is 26.4 Å². The molecule has 3 atom stereocenters. The van der Waals surface area contributed by atoms with E-state index in [1.165, 1.54) is 116 Å². The number of aliphatic hydroxyl groups excluding tert-OH is 2. The molecule has 0 rings (SSSR count). The highest BCUT2D eigenvalue weighted by molar-refractivity contribution is 7.47. The Hall–Kier alpha value is -2.07. The normalized spacial score (nSPS) is 14.2. The van der Waals surface area contributed by atoms with Crippen molar-refractivity contribution < 1.29 is 47.8 Å². The maximum Gasteiger partial charge on any atom is 0.472 e. The van der Waals surface area contributed by atoms with Crippen LogP contribution in [-0.2, 0) is 32.7 Å². The summed E-state index contributed by atoms with van der Waals surface area (Å²) in [4.78, 5) is 34.6. The molecule has 0 fully saturated rings. The number of rotatable bonds is 45. The molecule has 0 bridgehead atoms. The smallest absolute Gasteiger partial charge is 0.457 e. The molecule has 60 heavy (non-hydrogen) atoms. The Labute approximate surface area is 366 Å². The maximum absolute atomic E-state index is 12.4. The standard InChI is InChI=1S/C49H89O10P/c1-3-5-7-9-11-13-15-17-19-20-21-22-23-24-25-27-29-31-33-35-37-39-41-49(53)59-47(43-51)45-57-60(54,55)56-44-46(42-50)58-48(52)40-38-36-34-32-30-28-26-18-16-14-12-10-8-6-4-2/h6,8,12,14,18,26,30,32,46-47,50-51H,3-5,7,9-11,13,15-17,19-25,27-29,31,33-45H2,1-2H3,(H,54,55)/b8-6-,14-12-,26-18-,32-30-. The number of hydrogen-bond acceptors (Lipinski definition) is 9. The maximum atomic E-state index is 12.4.